The van der Waals surface area contributed by atoms with Crippen molar-refractivity contribution in [2.24, 2.45) is 5.73 Å². The van der Waals surface area contributed by atoms with Gasteiger partial charge in [0.15, 0.2) is 11.5 Å². The van der Waals surface area contributed by atoms with E-state index in [1.54, 1.807) is 21.3 Å². The Hall–Kier alpha value is -1.62. The number of rotatable bonds is 4. The maximum atomic E-state index is 6.03. The second kappa shape index (κ2) is 6.22. The lowest BCUT2D eigenvalue weighted by Crippen LogP contribution is -2.45. The molecule has 1 aromatic carbocycles. The maximum Gasteiger partial charge on any atom is 0.203 e. The van der Waals surface area contributed by atoms with Gasteiger partial charge in [-0.25, -0.2) is 0 Å². The number of methoxy groups -OCH3 is 3. The summed E-state index contributed by atoms with van der Waals surface area (Å²) in [7, 11) is 4.88. The minimum Gasteiger partial charge on any atom is -0.493 e. The molecule has 2 N–H and O–H groups in total. The molecule has 2 unspecified atom stereocenters. The van der Waals surface area contributed by atoms with Gasteiger partial charge in [-0.1, -0.05) is 0 Å². The average molecular weight is 280 g/mol. The SMILES string of the molecule is COc1cc(N2CCC(N)CC2C)cc(OC)c1OC. The largest absolute Gasteiger partial charge is 0.493 e. The van der Waals surface area contributed by atoms with E-state index in [2.05, 4.69) is 11.8 Å². The summed E-state index contributed by atoms with van der Waals surface area (Å²) in [5, 5.41) is 0. The molecule has 2 atom stereocenters. The topological polar surface area (TPSA) is 57.0 Å². The monoisotopic (exact) mass is 280 g/mol. The second-order valence-corrected chi connectivity index (χ2v) is 5.21. The van der Waals surface area contributed by atoms with E-state index in [1.165, 1.54) is 0 Å². The van der Waals surface area contributed by atoms with Crippen LogP contribution in [-0.2, 0) is 0 Å². The maximum absolute atomic E-state index is 6.03. The number of benzene rings is 1. The molecule has 0 spiro atoms. The van der Waals surface area contributed by atoms with Gasteiger partial charge in [-0.2, -0.15) is 0 Å². The quantitative estimate of drug-likeness (QED) is 0.914. The zero-order valence-electron chi connectivity index (χ0n) is 12.7. The predicted octanol–water partition coefficient (Wildman–Crippen LogP) is 2.03. The van der Waals surface area contributed by atoms with Crippen LogP contribution in [0, 0.1) is 0 Å². The summed E-state index contributed by atoms with van der Waals surface area (Å²) >= 11 is 0. The minimum absolute atomic E-state index is 0.295. The van der Waals surface area contributed by atoms with E-state index >= 15 is 0 Å². The Bertz CT molecular complexity index is 439. The summed E-state index contributed by atoms with van der Waals surface area (Å²) in [6, 6.07) is 4.69. The van der Waals surface area contributed by atoms with Crippen molar-refractivity contribution in [3.63, 3.8) is 0 Å². The highest BCUT2D eigenvalue weighted by molar-refractivity contribution is 5.64. The van der Waals surface area contributed by atoms with Gasteiger partial charge in [0, 0.05) is 36.4 Å². The summed E-state index contributed by atoms with van der Waals surface area (Å²) in [4.78, 5) is 2.34. The van der Waals surface area contributed by atoms with Gasteiger partial charge in [0.2, 0.25) is 5.75 Å². The van der Waals surface area contributed by atoms with Crippen LogP contribution in [0.2, 0.25) is 0 Å². The standard InChI is InChI=1S/C15H24N2O3/c1-10-7-11(16)5-6-17(10)12-8-13(18-2)15(20-4)14(9-12)19-3/h8-11H,5-7,16H2,1-4H3. The first-order valence-electron chi connectivity index (χ1n) is 6.93. The minimum atomic E-state index is 0.295. The lowest BCUT2D eigenvalue weighted by molar-refractivity contribution is 0.324. The van der Waals surface area contributed by atoms with Crippen LogP contribution < -0.4 is 24.8 Å². The fourth-order valence-electron chi connectivity index (χ4n) is 2.83. The molecule has 0 aromatic heterocycles. The van der Waals surface area contributed by atoms with Gasteiger partial charge < -0.3 is 24.8 Å². The Kier molecular flexibility index (Phi) is 4.60. The molecule has 1 aliphatic rings. The van der Waals surface area contributed by atoms with Crippen LogP contribution in [-0.4, -0.2) is 40.0 Å². The van der Waals surface area contributed by atoms with E-state index in [-0.39, 0.29) is 0 Å². The molecule has 1 aromatic rings. The zero-order valence-corrected chi connectivity index (χ0v) is 12.7. The average Bonchev–Trinajstić information content (AvgIpc) is 2.45. The van der Waals surface area contributed by atoms with E-state index < -0.39 is 0 Å². The third-order valence-electron chi connectivity index (χ3n) is 3.90. The van der Waals surface area contributed by atoms with E-state index in [0.29, 0.717) is 29.3 Å². The van der Waals surface area contributed by atoms with Crippen LogP contribution in [0.15, 0.2) is 12.1 Å². The van der Waals surface area contributed by atoms with Crippen LogP contribution in [0.3, 0.4) is 0 Å². The molecule has 1 aliphatic heterocycles. The van der Waals surface area contributed by atoms with E-state index in [0.717, 1.165) is 25.1 Å². The molecular weight excluding hydrogens is 256 g/mol. The third-order valence-corrected chi connectivity index (χ3v) is 3.90. The van der Waals surface area contributed by atoms with E-state index in [1.807, 2.05) is 12.1 Å². The third kappa shape index (κ3) is 2.77. The smallest absolute Gasteiger partial charge is 0.203 e. The van der Waals surface area contributed by atoms with E-state index in [9.17, 15) is 0 Å². The molecule has 112 valence electrons. The Morgan fingerprint density at radius 3 is 2.15 bits per heavy atom. The highest BCUT2D eigenvalue weighted by atomic mass is 16.5. The first-order chi connectivity index (χ1) is 9.60. The molecule has 0 saturated carbocycles. The molecule has 5 heteroatoms. The molecule has 20 heavy (non-hydrogen) atoms. The van der Waals surface area contributed by atoms with Gasteiger partial charge in [-0.05, 0) is 19.8 Å². The fourth-order valence-corrected chi connectivity index (χ4v) is 2.83. The number of nitrogens with two attached hydrogens (primary N) is 1. The molecule has 0 bridgehead atoms. The predicted molar refractivity (Wildman–Crippen MR) is 80.1 cm³/mol. The van der Waals surface area contributed by atoms with E-state index in [4.69, 9.17) is 19.9 Å². The molecule has 5 nitrogen and oxygen atoms in total. The summed E-state index contributed by atoms with van der Waals surface area (Å²) in [5.41, 5.74) is 7.11. The number of ether oxygens (including phenoxy) is 3. The molecule has 1 saturated heterocycles. The van der Waals surface area contributed by atoms with Gasteiger partial charge in [-0.15, -0.1) is 0 Å². The summed E-state index contributed by atoms with van der Waals surface area (Å²) in [5.74, 6) is 1.99. The van der Waals surface area contributed by atoms with Crippen molar-refractivity contribution in [1.82, 2.24) is 0 Å². The Morgan fingerprint density at radius 1 is 1.10 bits per heavy atom. The lowest BCUT2D eigenvalue weighted by atomic mass is 9.98. The van der Waals surface area contributed by atoms with Crippen molar-refractivity contribution in [3.8, 4) is 17.2 Å². The van der Waals surface area contributed by atoms with Crippen LogP contribution in [0.5, 0.6) is 17.2 Å². The molecule has 2 rings (SSSR count). The van der Waals surface area contributed by atoms with Crippen molar-refractivity contribution >= 4 is 5.69 Å². The first kappa shape index (κ1) is 14.8. The fraction of sp³-hybridized carbons (Fsp3) is 0.600. The number of hydrogen-bond donors (Lipinski definition) is 1. The Balaban J connectivity index is 2.37. The van der Waals surface area contributed by atoms with Crippen LogP contribution in [0.25, 0.3) is 0 Å². The van der Waals surface area contributed by atoms with Crippen LogP contribution in [0.1, 0.15) is 19.8 Å². The normalized spacial score (nSPS) is 22.6. The molecule has 0 amide bonds. The molecular formula is C15H24N2O3. The summed E-state index contributed by atoms with van der Waals surface area (Å²) in [6.07, 6.45) is 2.00. The van der Waals surface area contributed by atoms with Crippen molar-refractivity contribution in [2.45, 2.75) is 31.8 Å². The summed E-state index contributed by atoms with van der Waals surface area (Å²) < 4.78 is 16.2. The van der Waals surface area contributed by atoms with Crippen LogP contribution in [0.4, 0.5) is 5.69 Å². The first-order valence-corrected chi connectivity index (χ1v) is 6.93. The number of hydrogen-bond acceptors (Lipinski definition) is 5. The molecule has 0 radical (unpaired) electrons. The molecule has 1 heterocycles. The Morgan fingerprint density at radius 2 is 1.70 bits per heavy atom. The highest BCUT2D eigenvalue weighted by Gasteiger charge is 2.25. The van der Waals surface area contributed by atoms with Crippen molar-refractivity contribution in [3.05, 3.63) is 12.1 Å². The van der Waals surface area contributed by atoms with Gasteiger partial charge in [0.05, 0.1) is 21.3 Å². The highest BCUT2D eigenvalue weighted by Crippen LogP contribution is 2.42. The van der Waals surface area contributed by atoms with Gasteiger partial charge in [0.1, 0.15) is 0 Å². The lowest BCUT2D eigenvalue weighted by Gasteiger charge is -2.38. The second-order valence-electron chi connectivity index (χ2n) is 5.21. The summed E-state index contributed by atoms with van der Waals surface area (Å²) in [6.45, 7) is 3.14. The van der Waals surface area contributed by atoms with Crippen molar-refractivity contribution < 1.29 is 14.2 Å². The van der Waals surface area contributed by atoms with Crippen LogP contribution >= 0.6 is 0 Å². The number of anilines is 1. The zero-order chi connectivity index (χ0) is 14.7. The number of nitrogens with zero attached hydrogens (tertiary/aromatic N) is 1. The number of piperidine rings is 1. The van der Waals surface area contributed by atoms with Crippen molar-refractivity contribution in [1.29, 1.82) is 0 Å². The molecule has 1 fully saturated rings. The Labute approximate surface area is 120 Å². The molecule has 0 aliphatic carbocycles. The van der Waals surface area contributed by atoms with Gasteiger partial charge >= 0.3 is 0 Å². The van der Waals surface area contributed by atoms with Gasteiger partial charge in [-0.3, -0.25) is 0 Å². The van der Waals surface area contributed by atoms with Gasteiger partial charge in [0.25, 0.3) is 0 Å². The van der Waals surface area contributed by atoms with Crippen molar-refractivity contribution in [2.75, 3.05) is 32.8 Å².